The Kier molecular flexibility index (Phi) is 6.32. The molecule has 0 aliphatic carbocycles. The summed E-state index contributed by atoms with van der Waals surface area (Å²) in [6, 6.07) is 11.4. The molecule has 2 aromatic carbocycles. The monoisotopic (exact) mass is 357 g/mol. The van der Waals surface area contributed by atoms with Crippen molar-refractivity contribution in [3.8, 4) is 11.5 Å². The van der Waals surface area contributed by atoms with Crippen LogP contribution in [0.3, 0.4) is 0 Å². The first-order valence-electron chi connectivity index (χ1n) is 7.76. The average molecular weight is 357 g/mol. The Morgan fingerprint density at radius 3 is 2.23 bits per heavy atom. The van der Waals surface area contributed by atoms with E-state index in [1.54, 1.807) is 24.3 Å². The second kappa shape index (κ2) is 8.66. The van der Waals surface area contributed by atoms with Crippen LogP contribution < -0.4 is 14.8 Å². The summed E-state index contributed by atoms with van der Waals surface area (Å²) in [5.74, 6) is -0.641. The Hall–Kier alpha value is -3.35. The van der Waals surface area contributed by atoms with Gasteiger partial charge in [0.05, 0.1) is 20.6 Å². The molecule has 0 fully saturated rings. The molecule has 26 heavy (non-hydrogen) atoms. The zero-order chi connectivity index (χ0) is 19.1. The lowest BCUT2D eigenvalue weighted by molar-refractivity contribution is -0.139. The van der Waals surface area contributed by atoms with Gasteiger partial charge in [0.25, 0.3) is 5.91 Å². The molecular formula is C19H19NO6. The molecule has 7 nitrogen and oxygen atoms in total. The van der Waals surface area contributed by atoms with Crippen molar-refractivity contribution in [2.75, 3.05) is 19.5 Å². The summed E-state index contributed by atoms with van der Waals surface area (Å²) in [6.45, 7) is 1.28. The maximum atomic E-state index is 12.4. The molecule has 0 saturated carbocycles. The normalized spacial score (nSPS) is 9.96. The second-order valence-electron chi connectivity index (χ2n) is 5.36. The molecule has 0 atom stereocenters. The zero-order valence-electron chi connectivity index (χ0n) is 14.7. The molecule has 136 valence electrons. The minimum absolute atomic E-state index is 0.166. The predicted octanol–water partition coefficient (Wildman–Crippen LogP) is 2.59. The number of esters is 2. The van der Waals surface area contributed by atoms with Crippen LogP contribution in [0.4, 0.5) is 5.69 Å². The van der Waals surface area contributed by atoms with Crippen molar-refractivity contribution in [3.05, 3.63) is 53.6 Å². The maximum Gasteiger partial charge on any atom is 0.309 e. The van der Waals surface area contributed by atoms with Crippen LogP contribution in [0, 0.1) is 0 Å². The van der Waals surface area contributed by atoms with Crippen molar-refractivity contribution in [1.29, 1.82) is 0 Å². The highest BCUT2D eigenvalue weighted by molar-refractivity contribution is 6.04. The van der Waals surface area contributed by atoms with Gasteiger partial charge in [0, 0.05) is 18.2 Å². The van der Waals surface area contributed by atoms with Gasteiger partial charge in [0.15, 0.2) is 11.5 Å². The highest BCUT2D eigenvalue weighted by Gasteiger charge is 2.13. The van der Waals surface area contributed by atoms with Crippen molar-refractivity contribution >= 4 is 23.5 Å². The summed E-state index contributed by atoms with van der Waals surface area (Å²) in [5, 5.41) is 2.75. The van der Waals surface area contributed by atoms with Crippen molar-refractivity contribution in [1.82, 2.24) is 0 Å². The molecule has 1 amide bonds. The van der Waals surface area contributed by atoms with Gasteiger partial charge in [-0.2, -0.15) is 0 Å². The largest absolute Gasteiger partial charge is 0.493 e. The molecular weight excluding hydrogens is 338 g/mol. The SMILES string of the molecule is COC(=O)Cc1ccc(NC(=O)c2ccc(OC(C)=O)c(OC)c2)cc1. The third-order valence-corrected chi connectivity index (χ3v) is 3.47. The molecule has 7 heteroatoms. The fourth-order valence-corrected chi connectivity index (χ4v) is 2.20. The number of nitrogens with one attached hydrogen (secondary N) is 1. The van der Waals surface area contributed by atoms with Gasteiger partial charge in [-0.15, -0.1) is 0 Å². The van der Waals surface area contributed by atoms with Gasteiger partial charge in [-0.05, 0) is 35.9 Å². The summed E-state index contributed by atoms with van der Waals surface area (Å²) in [4.78, 5) is 34.7. The van der Waals surface area contributed by atoms with Crippen molar-refractivity contribution in [3.63, 3.8) is 0 Å². The number of benzene rings is 2. The highest BCUT2D eigenvalue weighted by Crippen LogP contribution is 2.28. The number of hydrogen-bond donors (Lipinski definition) is 1. The maximum absolute atomic E-state index is 12.4. The molecule has 0 saturated heterocycles. The predicted molar refractivity (Wildman–Crippen MR) is 94.4 cm³/mol. The standard InChI is InChI=1S/C19H19NO6/c1-12(21)26-16-9-6-14(11-17(16)24-2)19(23)20-15-7-4-13(5-8-15)10-18(22)25-3/h4-9,11H,10H2,1-3H3,(H,20,23). The summed E-state index contributed by atoms with van der Waals surface area (Å²) in [5.41, 5.74) is 1.70. The Labute approximate surface area is 150 Å². The Morgan fingerprint density at radius 1 is 0.962 bits per heavy atom. The topological polar surface area (TPSA) is 90.9 Å². The van der Waals surface area contributed by atoms with Gasteiger partial charge < -0.3 is 19.5 Å². The van der Waals surface area contributed by atoms with Crippen LogP contribution in [0.25, 0.3) is 0 Å². The number of rotatable bonds is 6. The molecule has 0 unspecified atom stereocenters. The molecule has 2 rings (SSSR count). The molecule has 2 aromatic rings. The Morgan fingerprint density at radius 2 is 1.65 bits per heavy atom. The molecule has 0 aromatic heterocycles. The number of hydrogen-bond acceptors (Lipinski definition) is 6. The van der Waals surface area contributed by atoms with Crippen LogP contribution in [0.2, 0.25) is 0 Å². The molecule has 0 bridgehead atoms. The summed E-state index contributed by atoms with van der Waals surface area (Å²) >= 11 is 0. The van der Waals surface area contributed by atoms with E-state index < -0.39 is 5.97 Å². The molecule has 0 aliphatic rings. The van der Waals surface area contributed by atoms with E-state index >= 15 is 0 Å². The Bertz CT molecular complexity index is 813. The molecule has 0 radical (unpaired) electrons. The van der Waals surface area contributed by atoms with Gasteiger partial charge in [-0.25, -0.2) is 0 Å². The van der Waals surface area contributed by atoms with Crippen LogP contribution in [0.1, 0.15) is 22.8 Å². The van der Waals surface area contributed by atoms with Crippen LogP contribution >= 0.6 is 0 Å². The summed E-state index contributed by atoms with van der Waals surface area (Å²) in [7, 11) is 2.75. The van der Waals surface area contributed by atoms with Gasteiger partial charge in [-0.3, -0.25) is 14.4 Å². The molecule has 1 N–H and O–H groups in total. The van der Waals surface area contributed by atoms with Gasteiger partial charge in [0.2, 0.25) is 0 Å². The Balaban J connectivity index is 2.09. The van der Waals surface area contributed by atoms with Crippen LogP contribution in [0.15, 0.2) is 42.5 Å². The number of methoxy groups -OCH3 is 2. The highest BCUT2D eigenvalue weighted by atomic mass is 16.6. The molecule has 0 spiro atoms. The number of carbonyl (C=O) groups excluding carboxylic acids is 3. The molecule has 0 aliphatic heterocycles. The smallest absolute Gasteiger partial charge is 0.309 e. The third-order valence-electron chi connectivity index (χ3n) is 3.47. The fraction of sp³-hybridized carbons (Fsp3) is 0.211. The van der Waals surface area contributed by atoms with Gasteiger partial charge >= 0.3 is 11.9 Å². The number of anilines is 1. The van der Waals surface area contributed by atoms with Crippen LogP contribution in [-0.4, -0.2) is 32.1 Å². The van der Waals surface area contributed by atoms with Crippen molar-refractivity contribution in [2.45, 2.75) is 13.3 Å². The number of amides is 1. The van der Waals surface area contributed by atoms with Crippen molar-refractivity contribution < 1.29 is 28.6 Å². The van der Waals surface area contributed by atoms with E-state index in [1.807, 2.05) is 0 Å². The first kappa shape index (κ1) is 19.0. The first-order valence-corrected chi connectivity index (χ1v) is 7.76. The fourth-order valence-electron chi connectivity index (χ4n) is 2.20. The minimum Gasteiger partial charge on any atom is -0.493 e. The lowest BCUT2D eigenvalue weighted by Crippen LogP contribution is -2.12. The van der Waals surface area contributed by atoms with Gasteiger partial charge in [0.1, 0.15) is 0 Å². The number of ether oxygens (including phenoxy) is 3. The first-order chi connectivity index (χ1) is 12.4. The van der Waals surface area contributed by atoms with E-state index in [0.29, 0.717) is 11.3 Å². The number of carbonyl (C=O) groups is 3. The third kappa shape index (κ3) is 5.07. The zero-order valence-corrected chi connectivity index (χ0v) is 14.7. The van der Waals surface area contributed by atoms with Crippen LogP contribution in [-0.2, 0) is 20.7 Å². The van der Waals surface area contributed by atoms with Gasteiger partial charge in [-0.1, -0.05) is 12.1 Å². The quantitative estimate of drug-likeness (QED) is 0.631. The lowest BCUT2D eigenvalue weighted by Gasteiger charge is -2.10. The lowest BCUT2D eigenvalue weighted by atomic mass is 10.1. The van der Waals surface area contributed by atoms with Crippen LogP contribution in [0.5, 0.6) is 11.5 Å². The summed E-state index contributed by atoms with van der Waals surface area (Å²) in [6.07, 6.45) is 0.166. The van der Waals surface area contributed by atoms with Crippen molar-refractivity contribution in [2.24, 2.45) is 0 Å². The van der Waals surface area contributed by atoms with E-state index in [1.165, 1.54) is 39.3 Å². The van der Waals surface area contributed by atoms with E-state index in [4.69, 9.17) is 9.47 Å². The average Bonchev–Trinajstić information content (AvgIpc) is 2.63. The second-order valence-corrected chi connectivity index (χ2v) is 5.36. The summed E-state index contributed by atoms with van der Waals surface area (Å²) < 4.78 is 14.8. The van der Waals surface area contributed by atoms with E-state index in [0.717, 1.165) is 5.56 Å². The van der Waals surface area contributed by atoms with E-state index in [2.05, 4.69) is 10.1 Å². The van der Waals surface area contributed by atoms with E-state index in [-0.39, 0.29) is 29.8 Å². The molecule has 0 heterocycles. The minimum atomic E-state index is -0.479. The van der Waals surface area contributed by atoms with E-state index in [9.17, 15) is 14.4 Å².